The molecule has 3 heterocycles. The lowest BCUT2D eigenvalue weighted by atomic mass is 10.1. The number of pyridine rings is 1. The van der Waals surface area contributed by atoms with E-state index in [9.17, 15) is 13.2 Å². The van der Waals surface area contributed by atoms with Gasteiger partial charge >= 0.3 is 0 Å². The fourth-order valence-electron chi connectivity index (χ4n) is 3.58. The van der Waals surface area contributed by atoms with E-state index in [1.54, 1.807) is 73.7 Å². The van der Waals surface area contributed by atoms with E-state index in [0.717, 1.165) is 5.56 Å². The number of amides is 1. The summed E-state index contributed by atoms with van der Waals surface area (Å²) < 4.78 is 38.5. The molecule has 2 N–H and O–H groups in total. The minimum Gasteiger partial charge on any atom is -0.463 e. The first-order chi connectivity index (χ1) is 16.8. The molecule has 10 heteroatoms. The summed E-state index contributed by atoms with van der Waals surface area (Å²) in [6.07, 6.45) is 1.52. The number of carbonyl (C=O) groups excluding carboxylic acids is 1. The van der Waals surface area contributed by atoms with E-state index in [2.05, 4.69) is 20.2 Å². The molecule has 35 heavy (non-hydrogen) atoms. The molecule has 0 aliphatic carbocycles. The summed E-state index contributed by atoms with van der Waals surface area (Å²) in [6, 6.07) is 18.0. The molecule has 9 nitrogen and oxygen atoms in total. The topological polar surface area (TPSA) is 127 Å². The highest BCUT2D eigenvalue weighted by Crippen LogP contribution is 2.28. The maximum Gasteiger partial charge on any atom is 0.261 e. The van der Waals surface area contributed by atoms with Gasteiger partial charge in [0.15, 0.2) is 5.76 Å². The Morgan fingerprint density at radius 3 is 2.34 bits per heavy atom. The molecule has 5 aromatic rings. The maximum absolute atomic E-state index is 13.2. The highest BCUT2D eigenvalue weighted by atomic mass is 32.2. The van der Waals surface area contributed by atoms with E-state index in [1.807, 2.05) is 6.92 Å². The lowest BCUT2D eigenvalue weighted by molar-refractivity contribution is 0.102. The van der Waals surface area contributed by atoms with Gasteiger partial charge < -0.3 is 14.3 Å². The first-order valence-electron chi connectivity index (χ1n) is 10.6. The van der Waals surface area contributed by atoms with Crippen molar-refractivity contribution in [2.75, 3.05) is 10.0 Å². The van der Waals surface area contributed by atoms with Crippen LogP contribution in [0.2, 0.25) is 0 Å². The van der Waals surface area contributed by atoms with Gasteiger partial charge in [0, 0.05) is 11.4 Å². The van der Waals surface area contributed by atoms with Crippen molar-refractivity contribution in [3.05, 3.63) is 89.8 Å². The molecule has 0 aliphatic heterocycles. The van der Waals surface area contributed by atoms with Crippen LogP contribution in [0.3, 0.4) is 0 Å². The normalized spacial score (nSPS) is 11.5. The van der Waals surface area contributed by atoms with Crippen molar-refractivity contribution < 1.29 is 22.2 Å². The number of hydrogen-bond donors (Lipinski definition) is 2. The number of hydrogen-bond acceptors (Lipinski definition) is 7. The van der Waals surface area contributed by atoms with Crippen LogP contribution in [0, 0.1) is 13.8 Å². The van der Waals surface area contributed by atoms with Gasteiger partial charge in [-0.2, -0.15) is 0 Å². The van der Waals surface area contributed by atoms with Gasteiger partial charge in [0.25, 0.3) is 21.6 Å². The third-order valence-corrected chi connectivity index (χ3v) is 6.76. The molecular weight excluding hydrogens is 468 g/mol. The predicted octanol–water partition coefficient (Wildman–Crippen LogP) is 5.15. The molecular formula is C25H20N4O5S. The van der Waals surface area contributed by atoms with E-state index in [0.29, 0.717) is 39.5 Å². The lowest BCUT2D eigenvalue weighted by Gasteiger charge is -2.10. The summed E-state index contributed by atoms with van der Waals surface area (Å²) >= 11 is 0. The number of rotatable bonds is 6. The predicted molar refractivity (Wildman–Crippen MR) is 131 cm³/mol. The number of aromatic nitrogens is 2. The zero-order valence-electron chi connectivity index (χ0n) is 18.8. The molecule has 0 unspecified atom stereocenters. The number of nitrogens with zero attached hydrogens (tertiary/aromatic N) is 2. The molecule has 1 amide bonds. The third kappa shape index (κ3) is 4.51. The molecule has 0 spiro atoms. The fourth-order valence-corrected chi connectivity index (χ4v) is 4.63. The lowest BCUT2D eigenvalue weighted by Crippen LogP contribution is -2.14. The van der Waals surface area contributed by atoms with Gasteiger partial charge in [-0.15, -0.1) is 0 Å². The highest BCUT2D eigenvalue weighted by molar-refractivity contribution is 7.92. The van der Waals surface area contributed by atoms with Gasteiger partial charge in [0.1, 0.15) is 5.69 Å². The first kappa shape index (κ1) is 22.4. The Morgan fingerprint density at radius 1 is 0.943 bits per heavy atom. The Balaban J connectivity index is 1.38. The zero-order chi connectivity index (χ0) is 24.6. The van der Waals surface area contributed by atoms with Gasteiger partial charge in [0.2, 0.25) is 0 Å². The number of nitrogens with one attached hydrogen (secondary N) is 2. The van der Waals surface area contributed by atoms with Crippen molar-refractivity contribution in [1.82, 2.24) is 10.1 Å². The monoisotopic (exact) mass is 488 g/mol. The number of benzene rings is 2. The molecule has 0 fully saturated rings. The van der Waals surface area contributed by atoms with Crippen LogP contribution >= 0.6 is 0 Å². The van der Waals surface area contributed by atoms with Crippen molar-refractivity contribution in [2.24, 2.45) is 0 Å². The van der Waals surface area contributed by atoms with Crippen molar-refractivity contribution in [3.63, 3.8) is 0 Å². The van der Waals surface area contributed by atoms with Crippen LogP contribution in [0.15, 0.2) is 86.8 Å². The van der Waals surface area contributed by atoms with Gasteiger partial charge in [0.05, 0.1) is 27.8 Å². The van der Waals surface area contributed by atoms with Crippen molar-refractivity contribution >= 4 is 38.4 Å². The van der Waals surface area contributed by atoms with Gasteiger partial charge in [-0.25, -0.2) is 13.4 Å². The summed E-state index contributed by atoms with van der Waals surface area (Å²) in [5, 5.41) is 7.25. The smallest absolute Gasteiger partial charge is 0.261 e. The summed E-state index contributed by atoms with van der Waals surface area (Å²) in [7, 11) is -3.73. The number of fused-ring (bicyclic) bond motifs is 1. The number of furan rings is 1. The summed E-state index contributed by atoms with van der Waals surface area (Å²) in [5.74, 6) is 0.0877. The van der Waals surface area contributed by atoms with E-state index in [-0.39, 0.29) is 10.6 Å². The molecule has 0 bridgehead atoms. The van der Waals surface area contributed by atoms with E-state index >= 15 is 0 Å². The number of carbonyl (C=O) groups is 1. The SMILES string of the molecule is Cc1ccc(S(=O)(=O)Nc2ccc(NC(=O)c3cc(-c4ccco4)nc4onc(C)c34)cc2)cc1. The van der Waals surface area contributed by atoms with Gasteiger partial charge in [-0.1, -0.05) is 22.9 Å². The standard InChI is InChI=1S/C25H20N4O5S/c1-15-5-11-19(12-6-15)35(31,32)29-18-9-7-17(8-10-18)26-24(30)20-14-21(22-4-3-13-33-22)27-25-23(20)16(2)28-34-25/h3-14,29H,1-2H3,(H,26,30). The average Bonchev–Trinajstić information content (AvgIpc) is 3.50. The van der Waals surface area contributed by atoms with Crippen LogP contribution in [-0.2, 0) is 10.0 Å². The number of anilines is 2. The Kier molecular flexibility index (Phi) is 5.58. The largest absolute Gasteiger partial charge is 0.463 e. The average molecular weight is 489 g/mol. The second kappa shape index (κ2) is 8.73. The molecule has 5 rings (SSSR count). The second-order valence-corrected chi connectivity index (χ2v) is 9.61. The van der Waals surface area contributed by atoms with Crippen molar-refractivity contribution in [2.45, 2.75) is 18.7 Å². The van der Waals surface area contributed by atoms with E-state index in [4.69, 9.17) is 8.94 Å². The van der Waals surface area contributed by atoms with Gasteiger partial charge in [-0.3, -0.25) is 9.52 Å². The quantitative estimate of drug-likeness (QED) is 0.338. The van der Waals surface area contributed by atoms with Crippen LogP contribution < -0.4 is 10.0 Å². The third-order valence-electron chi connectivity index (χ3n) is 5.36. The Hall–Kier alpha value is -4.44. The second-order valence-electron chi connectivity index (χ2n) is 7.93. The molecule has 2 aromatic carbocycles. The molecule has 0 radical (unpaired) electrons. The highest BCUT2D eigenvalue weighted by Gasteiger charge is 2.20. The van der Waals surface area contributed by atoms with Crippen molar-refractivity contribution in [1.29, 1.82) is 0 Å². The Bertz CT molecular complexity index is 1620. The summed E-state index contributed by atoms with van der Waals surface area (Å²) in [4.78, 5) is 17.7. The molecule has 0 saturated heterocycles. The maximum atomic E-state index is 13.2. The molecule has 0 atom stereocenters. The Morgan fingerprint density at radius 2 is 1.66 bits per heavy atom. The van der Waals surface area contributed by atoms with Crippen molar-refractivity contribution in [3.8, 4) is 11.5 Å². The van der Waals surface area contributed by atoms with E-state index in [1.165, 1.54) is 6.26 Å². The number of sulfonamides is 1. The van der Waals surface area contributed by atoms with Crippen LogP contribution in [0.4, 0.5) is 11.4 Å². The minimum absolute atomic E-state index is 0.165. The van der Waals surface area contributed by atoms with Crippen LogP contribution in [-0.4, -0.2) is 24.5 Å². The molecule has 0 aliphatic rings. The Labute approximate surface area is 200 Å². The van der Waals surface area contributed by atoms with Gasteiger partial charge in [-0.05, 0) is 68.4 Å². The summed E-state index contributed by atoms with van der Waals surface area (Å²) in [6.45, 7) is 3.61. The summed E-state index contributed by atoms with van der Waals surface area (Å²) in [5.41, 5.74) is 3.32. The molecule has 0 saturated carbocycles. The minimum atomic E-state index is -3.73. The van der Waals surface area contributed by atoms with Crippen LogP contribution in [0.25, 0.3) is 22.6 Å². The number of aryl methyl sites for hydroxylation is 2. The van der Waals surface area contributed by atoms with E-state index < -0.39 is 15.9 Å². The first-order valence-corrected chi connectivity index (χ1v) is 12.1. The zero-order valence-corrected chi connectivity index (χ0v) is 19.6. The molecule has 3 aromatic heterocycles. The van der Waals surface area contributed by atoms with Crippen LogP contribution in [0.5, 0.6) is 0 Å². The molecule has 176 valence electrons. The fraction of sp³-hybridized carbons (Fsp3) is 0.0800. The van der Waals surface area contributed by atoms with Crippen LogP contribution in [0.1, 0.15) is 21.6 Å².